The van der Waals surface area contributed by atoms with Gasteiger partial charge in [-0.2, -0.15) is 5.10 Å². The van der Waals surface area contributed by atoms with Crippen LogP contribution in [0.2, 0.25) is 0 Å². The number of hydrogen-bond acceptors (Lipinski definition) is 5. The third-order valence-electron chi connectivity index (χ3n) is 3.51. The van der Waals surface area contributed by atoms with Crippen LogP contribution < -0.4 is 15.5 Å². The lowest BCUT2D eigenvalue weighted by Crippen LogP contribution is -2.42. The van der Waals surface area contributed by atoms with Gasteiger partial charge < -0.3 is 20.4 Å². The molecule has 0 radical (unpaired) electrons. The average molecular weight is 306 g/mol. The van der Waals surface area contributed by atoms with Crippen LogP contribution >= 0.6 is 0 Å². The van der Waals surface area contributed by atoms with Crippen molar-refractivity contribution in [2.45, 2.75) is 26.3 Å². The summed E-state index contributed by atoms with van der Waals surface area (Å²) in [6.07, 6.45) is 0.307. The summed E-state index contributed by atoms with van der Waals surface area (Å²) < 4.78 is 0. The van der Waals surface area contributed by atoms with Crippen molar-refractivity contribution in [2.75, 3.05) is 37.4 Å². The number of hydrogen-bond donors (Lipinski definition) is 2. The van der Waals surface area contributed by atoms with Gasteiger partial charge in [-0.15, -0.1) is 5.10 Å². The molecule has 2 heterocycles. The summed E-state index contributed by atoms with van der Waals surface area (Å²) in [5.74, 6) is 0.564. The molecule has 0 aromatic carbocycles. The molecular weight excluding hydrogens is 284 g/mol. The van der Waals surface area contributed by atoms with E-state index in [0.717, 1.165) is 5.69 Å². The van der Waals surface area contributed by atoms with Crippen LogP contribution in [0.1, 0.15) is 19.0 Å². The molecule has 0 bridgehead atoms. The average Bonchev–Trinajstić information content (AvgIpc) is 2.59. The van der Waals surface area contributed by atoms with Crippen molar-refractivity contribution in [3.63, 3.8) is 0 Å². The monoisotopic (exact) mass is 306 g/mol. The van der Waals surface area contributed by atoms with E-state index in [-0.39, 0.29) is 18.0 Å². The van der Waals surface area contributed by atoms with Gasteiger partial charge >= 0.3 is 6.03 Å². The molecule has 1 saturated heterocycles. The van der Waals surface area contributed by atoms with Gasteiger partial charge in [0.15, 0.2) is 5.82 Å². The van der Waals surface area contributed by atoms with E-state index in [2.05, 4.69) is 20.8 Å². The number of carbonyl (C=O) groups excluding carboxylic acids is 2. The number of urea groups is 1. The Morgan fingerprint density at radius 1 is 1.45 bits per heavy atom. The van der Waals surface area contributed by atoms with Crippen LogP contribution in [0.3, 0.4) is 0 Å². The van der Waals surface area contributed by atoms with Crippen molar-refractivity contribution in [2.24, 2.45) is 0 Å². The van der Waals surface area contributed by atoms with Crippen molar-refractivity contribution in [3.8, 4) is 0 Å². The van der Waals surface area contributed by atoms with Crippen LogP contribution in [0.4, 0.5) is 16.3 Å². The van der Waals surface area contributed by atoms with E-state index in [4.69, 9.17) is 0 Å². The second-order valence-electron chi connectivity index (χ2n) is 5.64. The van der Waals surface area contributed by atoms with E-state index in [1.807, 2.05) is 27.9 Å². The summed E-state index contributed by atoms with van der Waals surface area (Å²) in [5.41, 5.74) is 1.33. The van der Waals surface area contributed by atoms with Gasteiger partial charge in [0.2, 0.25) is 5.91 Å². The van der Waals surface area contributed by atoms with Gasteiger partial charge in [0.1, 0.15) is 0 Å². The summed E-state index contributed by atoms with van der Waals surface area (Å²) in [4.78, 5) is 27.5. The third kappa shape index (κ3) is 3.63. The van der Waals surface area contributed by atoms with Gasteiger partial charge in [-0.1, -0.05) is 0 Å². The zero-order valence-corrected chi connectivity index (χ0v) is 13.4. The molecule has 8 nitrogen and oxygen atoms in total. The predicted octanol–water partition coefficient (Wildman–Crippen LogP) is 0.593. The number of nitrogens with one attached hydrogen (secondary N) is 2. The first-order valence-electron chi connectivity index (χ1n) is 7.24. The maximum atomic E-state index is 12.5. The smallest absolute Gasteiger partial charge is 0.322 e. The molecular formula is C14H22N6O2. The molecule has 0 spiro atoms. The van der Waals surface area contributed by atoms with Gasteiger partial charge in [0.25, 0.3) is 0 Å². The number of carbonyl (C=O) groups is 2. The van der Waals surface area contributed by atoms with E-state index in [1.165, 1.54) is 0 Å². The van der Waals surface area contributed by atoms with E-state index >= 15 is 0 Å². The van der Waals surface area contributed by atoms with Crippen LogP contribution in [0.5, 0.6) is 0 Å². The lowest BCUT2D eigenvalue weighted by Gasteiger charge is -2.27. The highest BCUT2D eigenvalue weighted by atomic mass is 16.2. The number of anilines is 2. The number of aryl methyl sites for hydroxylation is 1. The van der Waals surface area contributed by atoms with Crippen molar-refractivity contribution in [1.29, 1.82) is 0 Å². The Kier molecular flexibility index (Phi) is 4.79. The second kappa shape index (κ2) is 6.59. The van der Waals surface area contributed by atoms with E-state index in [1.54, 1.807) is 15.9 Å². The molecule has 0 saturated carbocycles. The fourth-order valence-electron chi connectivity index (χ4n) is 2.38. The molecule has 2 N–H and O–H groups in total. The highest BCUT2D eigenvalue weighted by Gasteiger charge is 2.26. The van der Waals surface area contributed by atoms with Gasteiger partial charge in [0, 0.05) is 39.6 Å². The van der Waals surface area contributed by atoms with Gasteiger partial charge in [0.05, 0.1) is 11.4 Å². The summed E-state index contributed by atoms with van der Waals surface area (Å²) in [7, 11) is 3.68. The molecule has 120 valence electrons. The molecule has 1 fully saturated rings. The minimum absolute atomic E-state index is 0.0294. The Hall–Kier alpha value is -2.38. The topological polar surface area (TPSA) is 90.5 Å². The molecule has 22 heavy (non-hydrogen) atoms. The minimum Gasteiger partial charge on any atom is -0.360 e. The van der Waals surface area contributed by atoms with Crippen LogP contribution in [-0.2, 0) is 4.79 Å². The molecule has 8 heteroatoms. The fourth-order valence-corrected chi connectivity index (χ4v) is 2.38. The number of aromatic nitrogens is 2. The summed E-state index contributed by atoms with van der Waals surface area (Å²) in [6, 6.07) is 1.40. The van der Waals surface area contributed by atoms with Crippen molar-refractivity contribution >= 4 is 23.4 Å². The molecule has 2 rings (SSSR count). The van der Waals surface area contributed by atoms with Gasteiger partial charge in [-0.3, -0.25) is 4.79 Å². The summed E-state index contributed by atoms with van der Waals surface area (Å²) in [5, 5.41) is 13.8. The molecule has 1 aliphatic heterocycles. The molecule has 1 aliphatic rings. The van der Waals surface area contributed by atoms with E-state index in [9.17, 15) is 9.59 Å². The normalized spacial score (nSPS) is 18.5. The first-order valence-corrected chi connectivity index (χ1v) is 7.24. The molecule has 1 unspecified atom stereocenters. The Balaban J connectivity index is 2.17. The zero-order chi connectivity index (χ0) is 16.3. The van der Waals surface area contributed by atoms with Crippen LogP contribution in [0.25, 0.3) is 0 Å². The number of nitrogens with zero attached hydrogens (tertiary/aromatic N) is 4. The lowest BCUT2D eigenvalue weighted by molar-refractivity contribution is -0.121. The van der Waals surface area contributed by atoms with Crippen LogP contribution in [-0.4, -0.2) is 60.3 Å². The fraction of sp³-hybridized carbons (Fsp3) is 0.571. The molecule has 0 aliphatic carbocycles. The lowest BCUT2D eigenvalue weighted by atomic mass is 10.2. The summed E-state index contributed by atoms with van der Waals surface area (Å²) in [6.45, 7) is 4.63. The van der Waals surface area contributed by atoms with Crippen molar-refractivity contribution in [3.05, 3.63) is 11.8 Å². The Morgan fingerprint density at radius 2 is 2.18 bits per heavy atom. The molecule has 1 aromatic heterocycles. The molecule has 1 aromatic rings. The maximum absolute atomic E-state index is 12.5. The quantitative estimate of drug-likeness (QED) is 0.835. The van der Waals surface area contributed by atoms with Crippen LogP contribution in [0, 0.1) is 6.92 Å². The first-order chi connectivity index (χ1) is 10.4. The van der Waals surface area contributed by atoms with Gasteiger partial charge in [-0.05, 0) is 19.9 Å². The maximum Gasteiger partial charge on any atom is 0.322 e. The second-order valence-corrected chi connectivity index (χ2v) is 5.64. The van der Waals surface area contributed by atoms with E-state index in [0.29, 0.717) is 31.0 Å². The molecule has 1 atom stereocenters. The largest absolute Gasteiger partial charge is 0.360 e. The highest BCUT2D eigenvalue weighted by molar-refractivity contribution is 5.93. The van der Waals surface area contributed by atoms with Crippen molar-refractivity contribution in [1.82, 2.24) is 20.4 Å². The van der Waals surface area contributed by atoms with Crippen LogP contribution in [0.15, 0.2) is 6.07 Å². The minimum atomic E-state index is -0.237. The Bertz CT molecular complexity index is 574. The van der Waals surface area contributed by atoms with Crippen molar-refractivity contribution < 1.29 is 9.59 Å². The first kappa shape index (κ1) is 16.0. The third-order valence-corrected chi connectivity index (χ3v) is 3.51. The zero-order valence-electron chi connectivity index (χ0n) is 13.4. The predicted molar refractivity (Wildman–Crippen MR) is 83.9 cm³/mol. The van der Waals surface area contributed by atoms with E-state index < -0.39 is 0 Å². The Labute approximate surface area is 129 Å². The summed E-state index contributed by atoms with van der Waals surface area (Å²) >= 11 is 0. The Morgan fingerprint density at radius 3 is 2.86 bits per heavy atom. The highest BCUT2D eigenvalue weighted by Crippen LogP contribution is 2.22. The SMILES string of the molecule is Cc1cc(NC(=O)N2CCNC(=O)CC2C)c(N(C)C)nn1. The van der Waals surface area contributed by atoms with Gasteiger partial charge in [-0.25, -0.2) is 4.79 Å². The number of amides is 3. The number of rotatable bonds is 2. The standard InChI is InChI=1S/C14H22N6O2/c1-9-7-11(13(18-17-9)19(3)4)16-14(22)20-6-5-15-12(21)8-10(20)2/h7,10H,5-6,8H2,1-4H3,(H,15,21)(H,16,17,22). The molecule has 3 amide bonds.